The Labute approximate surface area is 159 Å². The first-order valence-corrected chi connectivity index (χ1v) is 9.31. The minimum atomic E-state index is -0.00690. The van der Waals surface area contributed by atoms with Crippen LogP contribution >= 0.6 is 15.9 Å². The Morgan fingerprint density at radius 3 is 2.81 bits per heavy atom. The number of aryl methyl sites for hydroxylation is 2. The van der Waals surface area contributed by atoms with Crippen molar-refractivity contribution in [3.63, 3.8) is 0 Å². The molecule has 1 amide bonds. The number of nitrogens with one attached hydrogen (secondary N) is 2. The number of fused-ring (bicyclic) bond motifs is 3. The number of rotatable bonds is 4. The molecule has 0 unspecified atom stereocenters. The van der Waals surface area contributed by atoms with E-state index in [-0.39, 0.29) is 5.91 Å². The minimum Gasteiger partial charge on any atom is -0.353 e. The van der Waals surface area contributed by atoms with Crippen LogP contribution in [0.15, 0.2) is 59.2 Å². The van der Waals surface area contributed by atoms with Gasteiger partial charge in [0.05, 0.1) is 11.7 Å². The highest BCUT2D eigenvalue weighted by Crippen LogP contribution is 2.25. The van der Waals surface area contributed by atoms with Gasteiger partial charge >= 0.3 is 0 Å². The summed E-state index contributed by atoms with van der Waals surface area (Å²) in [6, 6.07) is 16.1. The van der Waals surface area contributed by atoms with Gasteiger partial charge < -0.3 is 10.3 Å². The van der Waals surface area contributed by atoms with Gasteiger partial charge in [-0.15, -0.1) is 0 Å². The number of hydrogen-bond donors (Lipinski definition) is 2. The van der Waals surface area contributed by atoms with Gasteiger partial charge in [0.1, 0.15) is 0 Å². The summed E-state index contributed by atoms with van der Waals surface area (Å²) in [5.74, 6) is -0.00690. The van der Waals surface area contributed by atoms with E-state index in [1.807, 2.05) is 43.5 Å². The third kappa shape index (κ3) is 3.35. The second-order valence-electron chi connectivity index (χ2n) is 6.40. The number of aromatic nitrogens is 2. The van der Waals surface area contributed by atoms with E-state index < -0.39 is 0 Å². The first-order valence-electron chi connectivity index (χ1n) is 8.51. The van der Waals surface area contributed by atoms with E-state index in [0.717, 1.165) is 37.8 Å². The molecular formula is C21H18BrN3O. The molecule has 4 rings (SSSR count). The molecule has 2 N–H and O–H groups in total. The Morgan fingerprint density at radius 1 is 1.12 bits per heavy atom. The van der Waals surface area contributed by atoms with Crippen molar-refractivity contribution < 1.29 is 4.79 Å². The quantitative estimate of drug-likeness (QED) is 0.478. The number of H-pyrrole nitrogens is 1. The molecule has 0 saturated heterocycles. The van der Waals surface area contributed by atoms with Gasteiger partial charge in [0.15, 0.2) is 0 Å². The maximum Gasteiger partial charge on any atom is 0.224 e. The zero-order chi connectivity index (χ0) is 18.1. The van der Waals surface area contributed by atoms with Crippen molar-refractivity contribution in [2.75, 3.05) is 5.32 Å². The monoisotopic (exact) mass is 407 g/mol. The van der Waals surface area contributed by atoms with E-state index >= 15 is 0 Å². The molecule has 0 spiro atoms. The zero-order valence-electron chi connectivity index (χ0n) is 14.3. The van der Waals surface area contributed by atoms with E-state index in [1.54, 1.807) is 0 Å². The maximum atomic E-state index is 12.3. The lowest BCUT2D eigenvalue weighted by Gasteiger charge is -2.07. The van der Waals surface area contributed by atoms with Gasteiger partial charge in [-0.3, -0.25) is 9.78 Å². The van der Waals surface area contributed by atoms with Crippen LogP contribution in [0.5, 0.6) is 0 Å². The molecule has 2 heterocycles. The summed E-state index contributed by atoms with van der Waals surface area (Å²) in [6.07, 6.45) is 2.85. The van der Waals surface area contributed by atoms with E-state index in [0.29, 0.717) is 12.8 Å². The first-order chi connectivity index (χ1) is 12.6. The average Bonchev–Trinajstić information content (AvgIpc) is 3.01. The molecule has 0 aliphatic carbocycles. The smallest absolute Gasteiger partial charge is 0.224 e. The Balaban J connectivity index is 1.47. The molecule has 5 heteroatoms. The van der Waals surface area contributed by atoms with Crippen molar-refractivity contribution in [3.8, 4) is 0 Å². The number of hydrogen-bond acceptors (Lipinski definition) is 2. The van der Waals surface area contributed by atoms with Crippen LogP contribution in [0, 0.1) is 6.92 Å². The number of carbonyl (C=O) groups excluding carboxylic acids is 1. The number of nitrogens with zero attached hydrogens (tertiary/aromatic N) is 1. The fraction of sp³-hybridized carbons (Fsp3) is 0.143. The number of pyridine rings is 1. The summed E-state index contributed by atoms with van der Waals surface area (Å²) in [6.45, 7) is 2.00. The lowest BCUT2D eigenvalue weighted by atomic mass is 10.1. The highest BCUT2D eigenvalue weighted by atomic mass is 79.9. The Bertz CT molecular complexity index is 1120. The Kier molecular flexibility index (Phi) is 4.47. The second-order valence-corrected chi connectivity index (χ2v) is 7.26. The van der Waals surface area contributed by atoms with Crippen molar-refractivity contribution in [2.45, 2.75) is 19.8 Å². The SMILES string of the molecule is Cc1cc(NC(=O)CCc2cc3c(cn2)[nH]c2ccccc23)ccc1Br. The first kappa shape index (κ1) is 16.8. The van der Waals surface area contributed by atoms with Crippen molar-refractivity contribution in [3.05, 3.63) is 70.5 Å². The molecule has 26 heavy (non-hydrogen) atoms. The van der Waals surface area contributed by atoms with Gasteiger partial charge in [-0.1, -0.05) is 34.1 Å². The van der Waals surface area contributed by atoms with E-state index in [2.05, 4.69) is 49.4 Å². The molecule has 4 nitrogen and oxygen atoms in total. The average molecular weight is 408 g/mol. The molecule has 0 aliphatic heterocycles. The highest BCUT2D eigenvalue weighted by Gasteiger charge is 2.08. The van der Waals surface area contributed by atoms with Gasteiger partial charge in [-0.2, -0.15) is 0 Å². The molecule has 0 radical (unpaired) electrons. The largest absolute Gasteiger partial charge is 0.353 e. The fourth-order valence-corrected chi connectivity index (χ4v) is 3.36. The molecule has 130 valence electrons. The van der Waals surface area contributed by atoms with Gasteiger partial charge in [0.2, 0.25) is 5.91 Å². The van der Waals surface area contributed by atoms with E-state index in [1.165, 1.54) is 5.39 Å². The fourth-order valence-electron chi connectivity index (χ4n) is 3.12. The molecule has 4 aromatic rings. The molecule has 2 aromatic carbocycles. The number of anilines is 1. The van der Waals surface area contributed by atoms with Gasteiger partial charge in [0, 0.05) is 38.6 Å². The van der Waals surface area contributed by atoms with Crippen LogP contribution in [0.1, 0.15) is 17.7 Å². The standard InChI is InChI=1S/C21H18BrN3O/c1-13-10-15(6-8-18(13)22)24-21(26)9-7-14-11-17-16-4-2-3-5-19(16)25-20(17)12-23-14/h2-6,8,10-12,25H,7,9H2,1H3,(H,24,26). The van der Waals surface area contributed by atoms with Crippen LogP contribution in [0.4, 0.5) is 5.69 Å². The molecule has 0 saturated carbocycles. The number of amides is 1. The second kappa shape index (κ2) is 6.92. The summed E-state index contributed by atoms with van der Waals surface area (Å²) < 4.78 is 1.03. The Hall–Kier alpha value is -2.66. The number of benzene rings is 2. The van der Waals surface area contributed by atoms with Gasteiger partial charge in [-0.25, -0.2) is 0 Å². The van der Waals surface area contributed by atoms with Crippen molar-refractivity contribution in [1.29, 1.82) is 0 Å². The molecule has 0 bridgehead atoms. The lowest BCUT2D eigenvalue weighted by molar-refractivity contribution is -0.116. The lowest BCUT2D eigenvalue weighted by Crippen LogP contribution is -2.12. The summed E-state index contributed by atoms with van der Waals surface area (Å²) in [7, 11) is 0. The van der Waals surface area contributed by atoms with Crippen molar-refractivity contribution in [1.82, 2.24) is 9.97 Å². The van der Waals surface area contributed by atoms with Crippen LogP contribution in [0.25, 0.3) is 21.8 Å². The van der Waals surface area contributed by atoms with E-state index in [4.69, 9.17) is 0 Å². The maximum absolute atomic E-state index is 12.3. The Morgan fingerprint density at radius 2 is 1.96 bits per heavy atom. The predicted octanol–water partition coefficient (Wildman–Crippen LogP) is 5.36. The van der Waals surface area contributed by atoms with E-state index in [9.17, 15) is 4.79 Å². The topological polar surface area (TPSA) is 57.8 Å². The predicted molar refractivity (Wildman–Crippen MR) is 109 cm³/mol. The summed E-state index contributed by atoms with van der Waals surface area (Å²) in [4.78, 5) is 20.1. The van der Waals surface area contributed by atoms with Crippen molar-refractivity contribution >= 4 is 49.3 Å². The third-order valence-electron chi connectivity index (χ3n) is 4.50. The summed E-state index contributed by atoms with van der Waals surface area (Å²) in [5, 5.41) is 5.28. The molecule has 2 aromatic heterocycles. The number of halogens is 1. The van der Waals surface area contributed by atoms with Crippen molar-refractivity contribution in [2.24, 2.45) is 0 Å². The summed E-state index contributed by atoms with van der Waals surface area (Å²) >= 11 is 3.47. The molecular weight excluding hydrogens is 390 g/mol. The molecule has 0 aliphatic rings. The van der Waals surface area contributed by atoms with Gasteiger partial charge in [0.25, 0.3) is 0 Å². The van der Waals surface area contributed by atoms with Crippen LogP contribution in [-0.4, -0.2) is 15.9 Å². The molecule has 0 atom stereocenters. The highest BCUT2D eigenvalue weighted by molar-refractivity contribution is 9.10. The van der Waals surface area contributed by atoms with Crippen LogP contribution in [0.3, 0.4) is 0 Å². The third-order valence-corrected chi connectivity index (χ3v) is 5.39. The number of carbonyl (C=O) groups is 1. The summed E-state index contributed by atoms with van der Waals surface area (Å²) in [5.41, 5.74) is 4.95. The van der Waals surface area contributed by atoms with Crippen LogP contribution in [0.2, 0.25) is 0 Å². The van der Waals surface area contributed by atoms with Gasteiger partial charge in [-0.05, 0) is 49.2 Å². The normalized spacial score (nSPS) is 11.2. The number of aromatic amines is 1. The zero-order valence-corrected chi connectivity index (χ0v) is 15.9. The number of para-hydroxylation sites is 1. The minimum absolute atomic E-state index is 0.00690. The molecule has 0 fully saturated rings. The van der Waals surface area contributed by atoms with Crippen LogP contribution < -0.4 is 5.32 Å². The van der Waals surface area contributed by atoms with Crippen LogP contribution in [-0.2, 0) is 11.2 Å².